The predicted octanol–water partition coefficient (Wildman–Crippen LogP) is 4.44. The number of carbonyl (C=O) groups excluding carboxylic acids is 4. The van der Waals surface area contributed by atoms with E-state index in [1.165, 1.54) is 11.8 Å². The Kier molecular flexibility index (Phi) is 11.6. The highest BCUT2D eigenvalue weighted by Crippen LogP contribution is 2.58. The van der Waals surface area contributed by atoms with Gasteiger partial charge in [-0.1, -0.05) is 40.5 Å². The van der Waals surface area contributed by atoms with Gasteiger partial charge in [0.1, 0.15) is 29.4 Å². The van der Waals surface area contributed by atoms with Gasteiger partial charge in [-0.15, -0.1) is 0 Å². The molecule has 2 heterocycles. The summed E-state index contributed by atoms with van der Waals surface area (Å²) in [5, 5.41) is 14.4. The Labute approximate surface area is 348 Å². The SMILES string of the molecule is C[C@@H]1CCN(C(=O)[C@@H](NC(=O)OC2C[C@@H]3C[C@@H]3[C@H]2CCCCCc2nc3ccc(C#N)cc3[nH]c2=O)C(C)(C)C)[C@@H]1C(=O)NC1(C(=O)NS(=O)(=O)C2(C)CC2)C[C@H]1C(F)F. The van der Waals surface area contributed by atoms with Gasteiger partial charge in [-0.3, -0.25) is 23.9 Å². The molecule has 326 valence electrons. The van der Waals surface area contributed by atoms with E-state index in [1.807, 2.05) is 4.72 Å². The molecule has 0 bridgehead atoms. The van der Waals surface area contributed by atoms with Crippen LogP contribution >= 0.6 is 0 Å². The molecule has 1 saturated heterocycles. The summed E-state index contributed by atoms with van der Waals surface area (Å²) in [6.45, 7) is 8.61. The minimum Gasteiger partial charge on any atom is -0.446 e. The van der Waals surface area contributed by atoms with E-state index in [0.717, 1.165) is 38.5 Å². The number of fused-ring (bicyclic) bond motifs is 2. The van der Waals surface area contributed by atoms with Crippen LogP contribution < -0.4 is 20.9 Å². The van der Waals surface area contributed by atoms with Gasteiger partial charge in [0.2, 0.25) is 28.3 Å². The lowest BCUT2D eigenvalue weighted by molar-refractivity contribution is -0.143. The molecule has 4 amide bonds. The average molecular weight is 856 g/mol. The lowest BCUT2D eigenvalue weighted by atomic mass is 9.85. The third-order valence-electron chi connectivity index (χ3n) is 13.7. The Bertz CT molecular complexity index is 2270. The summed E-state index contributed by atoms with van der Waals surface area (Å²) in [7, 11) is -4.18. The van der Waals surface area contributed by atoms with Gasteiger partial charge >= 0.3 is 6.09 Å². The van der Waals surface area contributed by atoms with Crippen molar-refractivity contribution in [1.82, 2.24) is 30.2 Å². The van der Waals surface area contributed by atoms with Crippen molar-refractivity contribution in [2.75, 3.05) is 6.54 Å². The van der Waals surface area contributed by atoms with E-state index in [-0.39, 0.29) is 24.1 Å². The van der Waals surface area contributed by atoms with Crippen LogP contribution in [0.2, 0.25) is 0 Å². The Morgan fingerprint density at radius 2 is 1.87 bits per heavy atom. The summed E-state index contributed by atoms with van der Waals surface area (Å²) in [5.41, 5.74) is -1.24. The maximum atomic E-state index is 14.3. The first-order valence-electron chi connectivity index (χ1n) is 21.1. The first kappa shape index (κ1) is 43.4. The second-order valence-electron chi connectivity index (χ2n) is 19.1. The van der Waals surface area contributed by atoms with Crippen molar-refractivity contribution in [3.63, 3.8) is 0 Å². The Morgan fingerprint density at radius 3 is 2.52 bits per heavy atom. The number of likely N-dealkylation sites (tertiary alicyclic amines) is 1. The number of sulfonamides is 1. The molecule has 1 aliphatic heterocycles. The summed E-state index contributed by atoms with van der Waals surface area (Å²) in [6.07, 6.45) is 2.05. The minimum absolute atomic E-state index is 0.133. The van der Waals surface area contributed by atoms with Gasteiger partial charge in [0.25, 0.3) is 11.5 Å². The van der Waals surface area contributed by atoms with Gasteiger partial charge in [-0.25, -0.2) is 27.0 Å². The topological polar surface area (TPSA) is 221 Å². The number of rotatable bonds is 15. The molecule has 60 heavy (non-hydrogen) atoms. The number of aryl methyl sites for hydroxylation is 1. The van der Waals surface area contributed by atoms with E-state index in [1.54, 1.807) is 45.9 Å². The number of alkyl carbamates (subject to hydrolysis) is 1. The Hall–Kier alpha value is -4.66. The van der Waals surface area contributed by atoms with Crippen LogP contribution in [0.3, 0.4) is 0 Å². The van der Waals surface area contributed by atoms with Crippen LogP contribution in [0.1, 0.15) is 110 Å². The zero-order valence-corrected chi connectivity index (χ0v) is 35.5. The van der Waals surface area contributed by atoms with Crippen molar-refractivity contribution in [2.24, 2.45) is 35.0 Å². The van der Waals surface area contributed by atoms with Crippen molar-refractivity contribution >= 4 is 44.9 Å². The zero-order chi connectivity index (χ0) is 43.5. The van der Waals surface area contributed by atoms with Crippen LogP contribution in [-0.4, -0.2) is 88.5 Å². The highest BCUT2D eigenvalue weighted by molar-refractivity contribution is 7.91. The number of alkyl halides is 2. The third kappa shape index (κ3) is 8.60. The zero-order valence-electron chi connectivity index (χ0n) is 34.7. The number of amides is 4. The van der Waals surface area contributed by atoms with Crippen LogP contribution in [-0.2, 0) is 35.6 Å². The number of nitrogens with one attached hydrogen (secondary N) is 4. The average Bonchev–Trinajstić information content (AvgIpc) is 4.13. The van der Waals surface area contributed by atoms with E-state index in [4.69, 9.17) is 10.00 Å². The van der Waals surface area contributed by atoms with Gasteiger partial charge < -0.3 is 25.3 Å². The molecule has 9 atom stereocenters. The predicted molar refractivity (Wildman–Crippen MR) is 215 cm³/mol. The van der Waals surface area contributed by atoms with E-state index >= 15 is 0 Å². The smallest absolute Gasteiger partial charge is 0.408 e. The van der Waals surface area contributed by atoms with Gasteiger partial charge in [-0.05, 0) is 112 Å². The Balaban J connectivity index is 0.946. The quantitative estimate of drug-likeness (QED) is 0.185. The van der Waals surface area contributed by atoms with Crippen molar-refractivity contribution in [3.8, 4) is 6.07 Å². The number of aromatic nitrogens is 2. The second kappa shape index (κ2) is 16.0. The first-order chi connectivity index (χ1) is 28.2. The summed E-state index contributed by atoms with van der Waals surface area (Å²) in [6, 6.07) is 4.74. The maximum Gasteiger partial charge on any atom is 0.408 e. The van der Waals surface area contributed by atoms with Gasteiger partial charge in [0.15, 0.2) is 0 Å². The van der Waals surface area contributed by atoms with Crippen LogP contribution in [0.4, 0.5) is 13.6 Å². The van der Waals surface area contributed by atoms with E-state index in [0.29, 0.717) is 59.8 Å². The third-order valence-corrected chi connectivity index (χ3v) is 15.8. The molecule has 5 aliphatic rings. The van der Waals surface area contributed by atoms with E-state index in [9.17, 15) is 41.2 Å². The summed E-state index contributed by atoms with van der Waals surface area (Å²) in [5.74, 6) is -3.59. The molecule has 0 radical (unpaired) electrons. The van der Waals surface area contributed by atoms with Crippen molar-refractivity contribution in [3.05, 3.63) is 39.8 Å². The molecule has 4 aliphatic carbocycles. The Morgan fingerprint density at radius 1 is 1.13 bits per heavy atom. The molecular weight excluding hydrogens is 801 g/mol. The number of nitrogens with zero attached hydrogens (tertiary/aromatic N) is 3. The number of benzene rings is 1. The van der Waals surface area contributed by atoms with Gasteiger partial charge in [0.05, 0.1) is 33.3 Å². The number of unbranched alkanes of at least 4 members (excludes halogenated alkanes) is 2. The molecule has 0 spiro atoms. The molecule has 4 saturated carbocycles. The minimum atomic E-state index is -4.18. The van der Waals surface area contributed by atoms with E-state index < -0.39 is 86.3 Å². The number of nitriles is 1. The fourth-order valence-corrected chi connectivity index (χ4v) is 10.7. The standard InChI is InChI=1S/C42H55F2N7O8S/c1-22-13-16-51(32(22)36(53)49-42(20-27(42)34(43)44)38(55)50-60(57,58)41(5)14-15-41)37(54)33(40(2,3)4)48-39(56)59-31-19-24-18-26(24)25(31)9-7-6-8-10-29-35(52)47-30-17-23(21-45)11-12-28(30)46-29/h11-12,17,22,24-27,31-34H,6-10,13-16,18-20H2,1-5H3,(H,47,52)(H,48,56)(H,49,53)(H,50,55)/t22-,24+,25-,26+,27+,31?,32+,33-,42?/m1/s1. The molecule has 4 N–H and O–H groups in total. The molecule has 5 fully saturated rings. The lowest BCUT2D eigenvalue weighted by Gasteiger charge is -2.36. The molecule has 1 aromatic carbocycles. The lowest BCUT2D eigenvalue weighted by Crippen LogP contribution is -2.61. The fourth-order valence-electron chi connectivity index (χ4n) is 9.39. The summed E-state index contributed by atoms with van der Waals surface area (Å²) < 4.78 is 60.5. The molecular formula is C42H55F2N7O8S. The van der Waals surface area contributed by atoms with E-state index in [2.05, 4.69) is 26.7 Å². The number of H-pyrrole nitrogens is 1. The van der Waals surface area contributed by atoms with Crippen molar-refractivity contribution in [1.29, 1.82) is 5.26 Å². The first-order valence-corrected chi connectivity index (χ1v) is 22.5. The maximum absolute atomic E-state index is 14.3. The normalized spacial score (nSPS) is 29.3. The van der Waals surface area contributed by atoms with Gasteiger partial charge in [0, 0.05) is 6.54 Å². The molecule has 2 aromatic rings. The highest BCUT2D eigenvalue weighted by Gasteiger charge is 2.67. The van der Waals surface area contributed by atoms with Crippen LogP contribution in [0, 0.1) is 46.3 Å². The van der Waals surface area contributed by atoms with Crippen LogP contribution in [0.5, 0.6) is 0 Å². The monoisotopic (exact) mass is 855 g/mol. The summed E-state index contributed by atoms with van der Waals surface area (Å²) in [4.78, 5) is 76.4. The number of carbonyl (C=O) groups is 4. The second-order valence-corrected chi connectivity index (χ2v) is 21.3. The number of hydrogen-bond acceptors (Lipinski definition) is 10. The molecule has 18 heteroatoms. The number of aromatic amines is 1. The molecule has 2 unspecified atom stereocenters. The summed E-state index contributed by atoms with van der Waals surface area (Å²) >= 11 is 0. The molecule has 1 aromatic heterocycles. The van der Waals surface area contributed by atoms with Crippen molar-refractivity contribution < 1.29 is 41.1 Å². The fraction of sp³-hybridized carbons (Fsp3) is 0.690. The molecule has 15 nitrogen and oxygen atoms in total. The number of halogens is 2. The molecule has 7 rings (SSSR count). The van der Waals surface area contributed by atoms with Crippen molar-refractivity contribution in [2.45, 2.75) is 140 Å². The largest absolute Gasteiger partial charge is 0.446 e. The van der Waals surface area contributed by atoms with Crippen LogP contribution in [0.15, 0.2) is 23.0 Å². The van der Waals surface area contributed by atoms with Gasteiger partial charge in [-0.2, -0.15) is 5.26 Å². The highest BCUT2D eigenvalue weighted by atomic mass is 32.2. The number of hydrogen-bond donors (Lipinski definition) is 4. The van der Waals surface area contributed by atoms with Crippen LogP contribution in [0.25, 0.3) is 11.0 Å². The number of ether oxygens (including phenoxy) is 1.